The van der Waals surface area contributed by atoms with Crippen LogP contribution in [0.15, 0.2) is 24.3 Å². The van der Waals surface area contributed by atoms with Crippen LogP contribution in [0.25, 0.3) is 0 Å². The van der Waals surface area contributed by atoms with Gasteiger partial charge in [0.15, 0.2) is 0 Å². The molecule has 0 amide bonds. The summed E-state index contributed by atoms with van der Waals surface area (Å²) >= 11 is 0. The molecule has 1 fully saturated rings. The summed E-state index contributed by atoms with van der Waals surface area (Å²) in [4.78, 5) is 10.8. The molecule has 19 heavy (non-hydrogen) atoms. The Kier molecular flexibility index (Phi) is 5.14. The second-order valence-corrected chi connectivity index (χ2v) is 4.19. The van der Waals surface area contributed by atoms with Crippen molar-refractivity contribution in [2.24, 2.45) is 0 Å². The van der Waals surface area contributed by atoms with E-state index in [1.807, 2.05) is 0 Å². The van der Waals surface area contributed by atoms with Gasteiger partial charge in [-0.15, -0.1) is 0 Å². The minimum atomic E-state index is -0.947. The van der Waals surface area contributed by atoms with Gasteiger partial charge in [0.1, 0.15) is 12.4 Å². The molecule has 0 spiro atoms. The number of hydrazine groups is 1. The van der Waals surface area contributed by atoms with Crippen molar-refractivity contribution in [2.45, 2.75) is 0 Å². The van der Waals surface area contributed by atoms with Crippen LogP contribution in [0, 0.1) is 0 Å². The molecule has 2 N–H and O–H groups in total. The third kappa shape index (κ3) is 4.51. The summed E-state index contributed by atoms with van der Waals surface area (Å²) in [5.41, 5.74) is 3.48. The maximum Gasteiger partial charge on any atom is 0.335 e. The first-order valence-corrected chi connectivity index (χ1v) is 6.28. The van der Waals surface area contributed by atoms with E-state index < -0.39 is 5.97 Å². The van der Waals surface area contributed by atoms with Crippen LogP contribution in [-0.4, -0.2) is 55.5 Å². The standard InChI is InChI=1S/C13H18N2O4/c16-13(17)11-2-1-3-12(10-11)19-7-4-14-15-5-8-18-9-6-15/h1-3,10,14H,4-9H2,(H,16,17). The van der Waals surface area contributed by atoms with Crippen LogP contribution >= 0.6 is 0 Å². The highest BCUT2D eigenvalue weighted by molar-refractivity contribution is 5.87. The lowest BCUT2D eigenvalue weighted by Crippen LogP contribution is -2.46. The molecule has 0 saturated carbocycles. The van der Waals surface area contributed by atoms with Crippen molar-refractivity contribution in [3.63, 3.8) is 0 Å². The van der Waals surface area contributed by atoms with Crippen molar-refractivity contribution in [2.75, 3.05) is 39.5 Å². The Morgan fingerprint density at radius 3 is 2.95 bits per heavy atom. The molecule has 6 heteroatoms. The fourth-order valence-electron chi connectivity index (χ4n) is 1.81. The highest BCUT2D eigenvalue weighted by atomic mass is 16.5. The number of ether oxygens (including phenoxy) is 2. The second kappa shape index (κ2) is 7.08. The normalized spacial score (nSPS) is 16.2. The van der Waals surface area contributed by atoms with Gasteiger partial charge in [-0.1, -0.05) is 6.07 Å². The van der Waals surface area contributed by atoms with Crippen molar-refractivity contribution in [1.82, 2.24) is 10.4 Å². The molecule has 1 aromatic rings. The van der Waals surface area contributed by atoms with E-state index in [-0.39, 0.29) is 5.56 Å². The molecule has 0 radical (unpaired) electrons. The summed E-state index contributed by atoms with van der Waals surface area (Å²) in [6.07, 6.45) is 0. The summed E-state index contributed by atoms with van der Waals surface area (Å²) in [5, 5.41) is 11.0. The van der Waals surface area contributed by atoms with Gasteiger partial charge in [-0.3, -0.25) is 5.43 Å². The van der Waals surface area contributed by atoms with Crippen molar-refractivity contribution < 1.29 is 19.4 Å². The van der Waals surface area contributed by atoms with Gasteiger partial charge in [0, 0.05) is 19.6 Å². The molecule has 0 atom stereocenters. The molecule has 1 aromatic carbocycles. The van der Waals surface area contributed by atoms with Gasteiger partial charge >= 0.3 is 5.97 Å². The molecule has 0 unspecified atom stereocenters. The van der Waals surface area contributed by atoms with E-state index in [2.05, 4.69) is 10.4 Å². The van der Waals surface area contributed by atoms with Crippen LogP contribution in [0.2, 0.25) is 0 Å². The van der Waals surface area contributed by atoms with Crippen molar-refractivity contribution in [3.8, 4) is 5.75 Å². The molecule has 1 heterocycles. The Morgan fingerprint density at radius 1 is 1.42 bits per heavy atom. The summed E-state index contributed by atoms with van der Waals surface area (Å²) in [6.45, 7) is 4.39. The molecular weight excluding hydrogens is 248 g/mol. The fourth-order valence-corrected chi connectivity index (χ4v) is 1.81. The van der Waals surface area contributed by atoms with Gasteiger partial charge in [0.05, 0.1) is 18.8 Å². The maximum atomic E-state index is 10.8. The van der Waals surface area contributed by atoms with Crippen LogP contribution in [0.1, 0.15) is 10.4 Å². The zero-order valence-corrected chi connectivity index (χ0v) is 10.7. The third-order valence-electron chi connectivity index (χ3n) is 2.80. The van der Waals surface area contributed by atoms with E-state index in [4.69, 9.17) is 14.6 Å². The van der Waals surface area contributed by atoms with Gasteiger partial charge < -0.3 is 14.6 Å². The van der Waals surface area contributed by atoms with Crippen LogP contribution in [-0.2, 0) is 4.74 Å². The van der Waals surface area contributed by atoms with Crippen molar-refractivity contribution in [1.29, 1.82) is 0 Å². The summed E-state index contributed by atoms with van der Waals surface area (Å²) in [5.74, 6) is -0.374. The van der Waals surface area contributed by atoms with Gasteiger partial charge in [-0.25, -0.2) is 9.80 Å². The molecule has 1 aliphatic rings. The monoisotopic (exact) mass is 266 g/mol. The average Bonchev–Trinajstić information content (AvgIpc) is 2.45. The topological polar surface area (TPSA) is 71.0 Å². The Morgan fingerprint density at radius 2 is 2.21 bits per heavy atom. The van der Waals surface area contributed by atoms with Crippen LogP contribution in [0.4, 0.5) is 0 Å². The number of carboxylic acid groups (broad SMARTS) is 1. The lowest BCUT2D eigenvalue weighted by atomic mass is 10.2. The minimum absolute atomic E-state index is 0.235. The predicted octanol–water partition coefficient (Wildman–Crippen LogP) is 0.600. The van der Waals surface area contributed by atoms with Crippen LogP contribution in [0.3, 0.4) is 0 Å². The van der Waals surface area contributed by atoms with E-state index in [1.165, 1.54) is 6.07 Å². The van der Waals surface area contributed by atoms with Gasteiger partial charge in [-0.05, 0) is 18.2 Å². The summed E-state index contributed by atoms with van der Waals surface area (Å²) in [7, 11) is 0. The highest BCUT2D eigenvalue weighted by Crippen LogP contribution is 2.12. The lowest BCUT2D eigenvalue weighted by molar-refractivity contribution is 0.0101. The second-order valence-electron chi connectivity index (χ2n) is 4.19. The Balaban J connectivity index is 1.70. The molecule has 2 rings (SSSR count). The first-order chi connectivity index (χ1) is 9.25. The average molecular weight is 266 g/mol. The Hall–Kier alpha value is -1.63. The number of benzene rings is 1. The quantitative estimate of drug-likeness (QED) is 0.735. The molecule has 6 nitrogen and oxygen atoms in total. The number of nitrogens with zero attached hydrogens (tertiary/aromatic N) is 1. The number of carbonyl (C=O) groups is 1. The number of hydrogen-bond donors (Lipinski definition) is 2. The number of carboxylic acids is 1. The van der Waals surface area contributed by atoms with Gasteiger partial charge in [0.2, 0.25) is 0 Å². The Bertz CT molecular complexity index is 419. The molecule has 0 bridgehead atoms. The van der Waals surface area contributed by atoms with Crippen molar-refractivity contribution in [3.05, 3.63) is 29.8 Å². The smallest absolute Gasteiger partial charge is 0.335 e. The molecule has 104 valence electrons. The number of aromatic carboxylic acids is 1. The largest absolute Gasteiger partial charge is 0.492 e. The fraction of sp³-hybridized carbons (Fsp3) is 0.462. The van der Waals surface area contributed by atoms with E-state index in [1.54, 1.807) is 18.2 Å². The molecular formula is C13H18N2O4. The molecule has 1 saturated heterocycles. The number of rotatable bonds is 6. The van der Waals surface area contributed by atoms with Crippen molar-refractivity contribution >= 4 is 5.97 Å². The van der Waals surface area contributed by atoms with Gasteiger partial charge in [0.25, 0.3) is 0 Å². The first kappa shape index (κ1) is 13.8. The third-order valence-corrected chi connectivity index (χ3v) is 2.80. The first-order valence-electron chi connectivity index (χ1n) is 6.28. The van der Waals surface area contributed by atoms with E-state index in [0.717, 1.165) is 26.3 Å². The Labute approximate surface area is 111 Å². The van der Waals surface area contributed by atoms with Crippen LogP contribution in [0.5, 0.6) is 5.75 Å². The number of morpholine rings is 1. The minimum Gasteiger partial charge on any atom is -0.492 e. The van der Waals surface area contributed by atoms with E-state index in [9.17, 15) is 4.79 Å². The van der Waals surface area contributed by atoms with E-state index in [0.29, 0.717) is 18.9 Å². The van der Waals surface area contributed by atoms with Crippen LogP contribution < -0.4 is 10.2 Å². The van der Waals surface area contributed by atoms with Gasteiger partial charge in [-0.2, -0.15) is 0 Å². The molecule has 1 aliphatic heterocycles. The number of hydrogen-bond acceptors (Lipinski definition) is 5. The number of nitrogens with one attached hydrogen (secondary N) is 1. The lowest BCUT2D eigenvalue weighted by Gasteiger charge is -2.27. The SMILES string of the molecule is O=C(O)c1cccc(OCCNN2CCOCC2)c1. The van der Waals surface area contributed by atoms with E-state index >= 15 is 0 Å². The zero-order valence-electron chi connectivity index (χ0n) is 10.7. The predicted molar refractivity (Wildman–Crippen MR) is 69.3 cm³/mol. The molecule has 0 aliphatic carbocycles. The zero-order chi connectivity index (χ0) is 13.5. The highest BCUT2D eigenvalue weighted by Gasteiger charge is 2.09. The summed E-state index contributed by atoms with van der Waals surface area (Å²) < 4.78 is 10.7. The maximum absolute atomic E-state index is 10.8. The summed E-state index contributed by atoms with van der Waals surface area (Å²) in [6, 6.07) is 6.49. The molecule has 0 aromatic heterocycles.